The fraction of sp³-hybridized carbons (Fsp3) is 0.333. The minimum atomic E-state index is -4.63. The summed E-state index contributed by atoms with van der Waals surface area (Å²) in [6.07, 6.45) is -4.63. The Balaban J connectivity index is 1.95. The Kier molecular flexibility index (Phi) is 2.89. The van der Waals surface area contributed by atoms with E-state index in [-0.39, 0.29) is 17.3 Å². The second kappa shape index (κ2) is 4.48. The molecule has 0 radical (unpaired) electrons. The molecule has 0 spiro atoms. The lowest BCUT2D eigenvalue weighted by Gasteiger charge is -2.22. The van der Waals surface area contributed by atoms with Crippen LogP contribution in [0.15, 0.2) is 22.7 Å². The van der Waals surface area contributed by atoms with Gasteiger partial charge in [-0.1, -0.05) is 5.16 Å². The lowest BCUT2D eigenvalue weighted by Crippen LogP contribution is -2.40. The summed E-state index contributed by atoms with van der Waals surface area (Å²) in [7, 11) is 0. The second-order valence-corrected chi connectivity index (χ2v) is 4.54. The van der Waals surface area contributed by atoms with Crippen molar-refractivity contribution in [1.29, 1.82) is 0 Å². The molecule has 1 saturated heterocycles. The first kappa shape index (κ1) is 12.9. The maximum atomic E-state index is 12.7. The highest BCUT2D eigenvalue weighted by atomic mass is 19.4. The number of halogens is 3. The summed E-state index contributed by atoms with van der Waals surface area (Å²) in [6.45, 7) is 1.43. The first-order valence-corrected chi connectivity index (χ1v) is 5.90. The largest absolute Gasteiger partial charge is 0.507 e. The molecule has 1 aliphatic heterocycles. The van der Waals surface area contributed by atoms with Gasteiger partial charge in [-0.3, -0.25) is 0 Å². The highest BCUT2D eigenvalue weighted by molar-refractivity contribution is 5.58. The summed E-state index contributed by atoms with van der Waals surface area (Å²) in [5, 5.41) is 16.0. The molecular formula is C12H10F3N3O2. The zero-order valence-corrected chi connectivity index (χ0v) is 10.1. The normalized spacial score (nSPS) is 16.1. The predicted molar refractivity (Wildman–Crippen MR) is 62.0 cm³/mol. The quantitative estimate of drug-likeness (QED) is 0.884. The van der Waals surface area contributed by atoms with E-state index in [1.165, 1.54) is 6.07 Å². The highest BCUT2D eigenvalue weighted by Gasteiger charge is 2.34. The number of aromatic nitrogens is 2. The molecule has 20 heavy (non-hydrogen) atoms. The van der Waals surface area contributed by atoms with Crippen LogP contribution in [0.4, 0.5) is 13.2 Å². The summed E-state index contributed by atoms with van der Waals surface area (Å²) in [5.74, 6) is -0.235. The Morgan fingerprint density at radius 1 is 1.30 bits per heavy atom. The molecule has 2 N–H and O–H groups in total. The van der Waals surface area contributed by atoms with Crippen LogP contribution in [0, 0.1) is 0 Å². The lowest BCUT2D eigenvalue weighted by molar-refractivity contribution is -0.138. The second-order valence-electron chi connectivity index (χ2n) is 4.54. The van der Waals surface area contributed by atoms with Crippen LogP contribution in [0.25, 0.3) is 11.4 Å². The van der Waals surface area contributed by atoms with E-state index in [1.807, 2.05) is 0 Å². The Hall–Kier alpha value is -2.09. The third-order valence-electron chi connectivity index (χ3n) is 3.13. The Labute approximate surface area is 111 Å². The third kappa shape index (κ3) is 2.22. The van der Waals surface area contributed by atoms with Crippen LogP contribution in [-0.2, 0) is 6.18 Å². The first-order valence-electron chi connectivity index (χ1n) is 5.90. The van der Waals surface area contributed by atoms with Gasteiger partial charge in [0.25, 0.3) is 0 Å². The fourth-order valence-corrected chi connectivity index (χ4v) is 1.88. The number of phenolic OH excluding ortho intramolecular Hbond substituents is 1. The van der Waals surface area contributed by atoms with Crippen molar-refractivity contribution in [1.82, 2.24) is 15.5 Å². The maximum absolute atomic E-state index is 12.7. The van der Waals surface area contributed by atoms with Gasteiger partial charge in [0.1, 0.15) is 5.75 Å². The number of benzene rings is 1. The van der Waals surface area contributed by atoms with Crippen LogP contribution in [0.3, 0.4) is 0 Å². The molecule has 0 aliphatic carbocycles. The van der Waals surface area contributed by atoms with Crippen molar-refractivity contribution in [3.8, 4) is 17.1 Å². The summed E-state index contributed by atoms with van der Waals surface area (Å²) < 4.78 is 43.2. The van der Waals surface area contributed by atoms with Crippen LogP contribution in [0.1, 0.15) is 17.4 Å². The van der Waals surface area contributed by atoms with E-state index in [9.17, 15) is 18.3 Å². The van der Waals surface area contributed by atoms with Gasteiger partial charge in [-0.05, 0) is 18.2 Å². The van der Waals surface area contributed by atoms with E-state index < -0.39 is 17.5 Å². The number of aromatic hydroxyl groups is 1. The van der Waals surface area contributed by atoms with Crippen molar-refractivity contribution < 1.29 is 22.8 Å². The van der Waals surface area contributed by atoms with Crippen LogP contribution in [-0.4, -0.2) is 28.3 Å². The van der Waals surface area contributed by atoms with Crippen LogP contribution >= 0.6 is 0 Å². The number of rotatable bonds is 2. The van der Waals surface area contributed by atoms with Crippen molar-refractivity contribution in [2.75, 3.05) is 13.1 Å². The molecule has 0 unspecified atom stereocenters. The number of alkyl halides is 3. The van der Waals surface area contributed by atoms with Gasteiger partial charge in [0.2, 0.25) is 11.7 Å². The molecule has 1 aromatic heterocycles. The van der Waals surface area contributed by atoms with E-state index in [4.69, 9.17) is 4.52 Å². The van der Waals surface area contributed by atoms with E-state index >= 15 is 0 Å². The van der Waals surface area contributed by atoms with Crippen molar-refractivity contribution in [2.45, 2.75) is 12.1 Å². The fourth-order valence-electron chi connectivity index (χ4n) is 1.88. The van der Waals surface area contributed by atoms with Gasteiger partial charge >= 0.3 is 6.18 Å². The van der Waals surface area contributed by atoms with Crippen molar-refractivity contribution in [3.05, 3.63) is 29.7 Å². The maximum Gasteiger partial charge on any atom is 0.419 e. The standard InChI is InChI=1S/C12H10F3N3O2/c13-12(14,15)8-3-6(1-2-9(8)19)10-17-11(20-18-10)7-4-16-5-7/h1-3,7,16,19H,4-5H2. The lowest BCUT2D eigenvalue weighted by atomic mass is 10.0. The first-order chi connectivity index (χ1) is 9.45. The monoisotopic (exact) mass is 285 g/mol. The number of hydrogen-bond donors (Lipinski definition) is 2. The third-order valence-corrected chi connectivity index (χ3v) is 3.13. The molecule has 106 valence electrons. The van der Waals surface area contributed by atoms with Crippen LogP contribution < -0.4 is 5.32 Å². The van der Waals surface area contributed by atoms with Crippen LogP contribution in [0.2, 0.25) is 0 Å². The minimum absolute atomic E-state index is 0.0809. The topological polar surface area (TPSA) is 71.2 Å². The zero-order chi connectivity index (χ0) is 14.3. The van der Waals surface area contributed by atoms with Gasteiger partial charge in [-0.25, -0.2) is 0 Å². The molecule has 8 heteroatoms. The zero-order valence-electron chi connectivity index (χ0n) is 10.1. The molecule has 2 heterocycles. The average molecular weight is 285 g/mol. The van der Waals surface area contributed by atoms with Crippen molar-refractivity contribution >= 4 is 0 Å². The van der Waals surface area contributed by atoms with E-state index in [0.29, 0.717) is 19.0 Å². The van der Waals surface area contributed by atoms with Crippen molar-refractivity contribution in [2.24, 2.45) is 0 Å². The molecule has 5 nitrogen and oxygen atoms in total. The molecular weight excluding hydrogens is 275 g/mol. The number of hydrogen-bond acceptors (Lipinski definition) is 5. The molecule has 2 aromatic rings. The SMILES string of the molecule is Oc1ccc(-c2noc(C3CNC3)n2)cc1C(F)(F)F. The highest BCUT2D eigenvalue weighted by Crippen LogP contribution is 2.37. The van der Waals surface area contributed by atoms with Gasteiger partial charge in [0.05, 0.1) is 11.5 Å². The summed E-state index contributed by atoms with van der Waals surface area (Å²) >= 11 is 0. The Morgan fingerprint density at radius 2 is 2.05 bits per heavy atom. The van der Waals surface area contributed by atoms with Gasteiger partial charge in [-0.15, -0.1) is 0 Å². The molecule has 1 aliphatic rings. The molecule has 0 amide bonds. The Bertz CT molecular complexity index is 635. The molecule has 1 aromatic carbocycles. The summed E-state index contributed by atoms with van der Waals surface area (Å²) in [4.78, 5) is 4.09. The number of phenols is 1. The summed E-state index contributed by atoms with van der Waals surface area (Å²) in [5.41, 5.74) is -0.968. The number of nitrogens with one attached hydrogen (secondary N) is 1. The van der Waals surface area contributed by atoms with Gasteiger partial charge < -0.3 is 14.9 Å². The van der Waals surface area contributed by atoms with Crippen LogP contribution in [0.5, 0.6) is 5.75 Å². The number of nitrogens with zero attached hydrogens (tertiary/aromatic N) is 2. The van der Waals surface area contributed by atoms with E-state index in [2.05, 4.69) is 15.5 Å². The van der Waals surface area contributed by atoms with Gasteiger partial charge in [0.15, 0.2) is 0 Å². The van der Waals surface area contributed by atoms with E-state index in [0.717, 1.165) is 12.1 Å². The van der Waals surface area contributed by atoms with Crippen molar-refractivity contribution in [3.63, 3.8) is 0 Å². The van der Waals surface area contributed by atoms with Gasteiger partial charge in [-0.2, -0.15) is 18.2 Å². The molecule has 0 saturated carbocycles. The predicted octanol–water partition coefficient (Wildman–Crippen LogP) is 2.15. The molecule has 3 rings (SSSR count). The average Bonchev–Trinajstić information content (AvgIpc) is 2.75. The molecule has 1 fully saturated rings. The van der Waals surface area contributed by atoms with E-state index in [1.54, 1.807) is 0 Å². The Morgan fingerprint density at radius 3 is 2.65 bits per heavy atom. The van der Waals surface area contributed by atoms with Gasteiger partial charge in [0, 0.05) is 18.7 Å². The minimum Gasteiger partial charge on any atom is -0.507 e. The molecule has 0 atom stereocenters. The smallest absolute Gasteiger partial charge is 0.419 e. The molecule has 0 bridgehead atoms. The summed E-state index contributed by atoms with van der Waals surface area (Å²) in [6, 6.07) is 3.10.